The highest BCUT2D eigenvalue weighted by molar-refractivity contribution is 5.38. The highest BCUT2D eigenvalue weighted by Gasteiger charge is 2.13. The van der Waals surface area contributed by atoms with Crippen LogP contribution in [-0.2, 0) is 18.0 Å². The van der Waals surface area contributed by atoms with Crippen LogP contribution < -0.4 is 4.74 Å². The molecule has 2 aromatic rings. The maximum Gasteiger partial charge on any atom is 0.119 e. The molecule has 0 unspecified atom stereocenters. The lowest BCUT2D eigenvalue weighted by molar-refractivity contribution is 0.175. The number of aliphatic hydroxyl groups is 1. The van der Waals surface area contributed by atoms with Crippen LogP contribution in [0.15, 0.2) is 24.3 Å². The molecule has 1 aromatic carbocycles. The molecule has 6 nitrogen and oxygen atoms in total. The van der Waals surface area contributed by atoms with Gasteiger partial charge in [-0.3, -0.25) is 0 Å². The number of rotatable bonds is 6. The van der Waals surface area contributed by atoms with Gasteiger partial charge in [0.05, 0.1) is 31.2 Å². The van der Waals surface area contributed by atoms with Crippen LogP contribution in [-0.4, -0.2) is 33.8 Å². The lowest BCUT2D eigenvalue weighted by atomic mass is 10.2. The molecule has 0 aliphatic rings. The van der Waals surface area contributed by atoms with Crippen molar-refractivity contribution < 1.29 is 14.6 Å². The van der Waals surface area contributed by atoms with Crippen LogP contribution in [0.4, 0.5) is 0 Å². The van der Waals surface area contributed by atoms with Crippen LogP contribution in [0.2, 0.25) is 0 Å². The molecule has 1 aromatic heterocycles. The smallest absolute Gasteiger partial charge is 0.119 e. The van der Waals surface area contributed by atoms with Gasteiger partial charge >= 0.3 is 0 Å². The van der Waals surface area contributed by atoms with Gasteiger partial charge in [-0.25, -0.2) is 4.68 Å². The summed E-state index contributed by atoms with van der Waals surface area (Å²) in [6.45, 7) is 2.76. The minimum atomic E-state index is -0.157. The Morgan fingerprint density at radius 2 is 2.00 bits per heavy atom. The van der Waals surface area contributed by atoms with Crippen molar-refractivity contribution in [2.75, 3.05) is 13.7 Å². The number of nitrogens with zero attached hydrogens (tertiary/aromatic N) is 3. The third-order valence-electron chi connectivity index (χ3n) is 2.67. The van der Waals surface area contributed by atoms with Crippen molar-refractivity contribution >= 4 is 0 Å². The zero-order valence-electron chi connectivity index (χ0n) is 11.0. The second-order valence-corrected chi connectivity index (χ2v) is 3.91. The Morgan fingerprint density at radius 3 is 2.58 bits per heavy atom. The Bertz CT molecular complexity index is 522. The molecule has 19 heavy (non-hydrogen) atoms. The van der Waals surface area contributed by atoms with Crippen molar-refractivity contribution in [2.45, 2.75) is 20.1 Å². The first-order chi connectivity index (χ1) is 9.30. The molecule has 0 amide bonds. The van der Waals surface area contributed by atoms with Gasteiger partial charge in [-0.1, -0.05) is 5.21 Å². The summed E-state index contributed by atoms with van der Waals surface area (Å²) < 4.78 is 12.2. The molecule has 0 fully saturated rings. The third-order valence-corrected chi connectivity index (χ3v) is 2.67. The van der Waals surface area contributed by atoms with E-state index in [-0.39, 0.29) is 6.61 Å². The van der Waals surface area contributed by atoms with E-state index in [4.69, 9.17) is 9.47 Å². The molecule has 0 atom stereocenters. The molecular weight excluding hydrogens is 246 g/mol. The van der Waals surface area contributed by atoms with Crippen LogP contribution in [0.1, 0.15) is 18.3 Å². The summed E-state index contributed by atoms with van der Waals surface area (Å²) in [5.41, 5.74) is 2.12. The third kappa shape index (κ3) is 2.91. The molecule has 0 spiro atoms. The number of ether oxygens (including phenoxy) is 2. The van der Waals surface area contributed by atoms with E-state index in [1.807, 2.05) is 31.2 Å². The second-order valence-electron chi connectivity index (χ2n) is 3.91. The van der Waals surface area contributed by atoms with Gasteiger partial charge in [0.1, 0.15) is 11.4 Å². The Balaban J connectivity index is 2.32. The quantitative estimate of drug-likeness (QED) is 0.850. The molecule has 1 N–H and O–H groups in total. The zero-order valence-corrected chi connectivity index (χ0v) is 11.0. The Hall–Kier alpha value is -1.92. The Labute approximate surface area is 111 Å². The summed E-state index contributed by atoms with van der Waals surface area (Å²) in [5, 5.41) is 17.2. The van der Waals surface area contributed by atoms with Crippen LogP contribution >= 0.6 is 0 Å². The molecule has 0 radical (unpaired) electrons. The number of hydrogen-bond acceptors (Lipinski definition) is 5. The van der Waals surface area contributed by atoms with Gasteiger partial charge in [0.2, 0.25) is 0 Å². The van der Waals surface area contributed by atoms with Gasteiger partial charge in [-0.05, 0) is 31.2 Å². The highest BCUT2D eigenvalue weighted by atomic mass is 16.5. The Morgan fingerprint density at radius 1 is 1.26 bits per heavy atom. The van der Waals surface area contributed by atoms with Crippen LogP contribution in [0.25, 0.3) is 5.69 Å². The fraction of sp³-hybridized carbons (Fsp3) is 0.385. The number of methoxy groups -OCH3 is 1. The minimum absolute atomic E-state index is 0.157. The van der Waals surface area contributed by atoms with Crippen LogP contribution in [0.3, 0.4) is 0 Å². The maximum atomic E-state index is 9.23. The average Bonchev–Trinajstić information content (AvgIpc) is 2.83. The van der Waals surface area contributed by atoms with E-state index in [1.165, 1.54) is 0 Å². The minimum Gasteiger partial charge on any atom is -0.494 e. The predicted octanol–water partition coefficient (Wildman–Crippen LogP) is 1.30. The van der Waals surface area contributed by atoms with Gasteiger partial charge < -0.3 is 14.6 Å². The van der Waals surface area contributed by atoms with E-state index < -0.39 is 0 Å². The molecular formula is C13H17N3O3. The standard InChI is InChI=1S/C13H17N3O3/c1-3-19-11-6-4-10(5-7-11)16-13(9-18-2)12(8-17)14-15-16/h4-7,17H,3,8-9H2,1-2H3. The lowest BCUT2D eigenvalue weighted by Gasteiger charge is -2.08. The number of aromatic nitrogens is 3. The van der Waals surface area contributed by atoms with Gasteiger partial charge in [-0.15, -0.1) is 5.10 Å². The van der Waals surface area contributed by atoms with Crippen molar-refractivity contribution in [1.82, 2.24) is 15.0 Å². The van der Waals surface area contributed by atoms with Crippen molar-refractivity contribution in [3.63, 3.8) is 0 Å². The van der Waals surface area contributed by atoms with Crippen molar-refractivity contribution in [3.05, 3.63) is 35.7 Å². The first kappa shape index (κ1) is 13.5. The predicted molar refractivity (Wildman–Crippen MR) is 69.2 cm³/mol. The summed E-state index contributed by atoms with van der Waals surface area (Å²) in [6, 6.07) is 7.52. The first-order valence-electron chi connectivity index (χ1n) is 6.06. The molecule has 0 bridgehead atoms. The SMILES string of the molecule is CCOc1ccc(-n2nnc(CO)c2COC)cc1. The molecule has 6 heteroatoms. The molecule has 0 saturated carbocycles. The normalized spacial score (nSPS) is 10.7. The number of hydrogen-bond donors (Lipinski definition) is 1. The molecule has 1 heterocycles. The summed E-state index contributed by atoms with van der Waals surface area (Å²) in [5.74, 6) is 0.807. The van der Waals surface area contributed by atoms with E-state index in [0.717, 1.165) is 17.1 Å². The molecule has 2 rings (SSSR count). The molecule has 102 valence electrons. The van der Waals surface area contributed by atoms with Crippen molar-refractivity contribution in [2.24, 2.45) is 0 Å². The van der Waals surface area contributed by atoms with E-state index in [1.54, 1.807) is 11.8 Å². The van der Waals surface area contributed by atoms with E-state index >= 15 is 0 Å². The van der Waals surface area contributed by atoms with E-state index in [9.17, 15) is 5.11 Å². The zero-order chi connectivity index (χ0) is 13.7. The van der Waals surface area contributed by atoms with Crippen molar-refractivity contribution in [3.8, 4) is 11.4 Å². The van der Waals surface area contributed by atoms with Crippen molar-refractivity contribution in [1.29, 1.82) is 0 Å². The Kier molecular flexibility index (Phi) is 4.48. The topological polar surface area (TPSA) is 69.4 Å². The van der Waals surface area contributed by atoms with E-state index in [0.29, 0.717) is 18.9 Å². The summed E-state index contributed by atoms with van der Waals surface area (Å²) in [7, 11) is 1.59. The summed E-state index contributed by atoms with van der Waals surface area (Å²) in [6.07, 6.45) is 0. The average molecular weight is 263 g/mol. The van der Waals surface area contributed by atoms with Gasteiger partial charge in [0.15, 0.2) is 0 Å². The largest absolute Gasteiger partial charge is 0.494 e. The fourth-order valence-electron chi connectivity index (χ4n) is 1.79. The van der Waals surface area contributed by atoms with Gasteiger partial charge in [0, 0.05) is 7.11 Å². The highest BCUT2D eigenvalue weighted by Crippen LogP contribution is 2.18. The summed E-state index contributed by atoms with van der Waals surface area (Å²) >= 11 is 0. The maximum absolute atomic E-state index is 9.23. The molecule has 0 aliphatic carbocycles. The number of benzene rings is 1. The van der Waals surface area contributed by atoms with Crippen LogP contribution in [0, 0.1) is 0 Å². The van der Waals surface area contributed by atoms with Gasteiger partial charge in [0.25, 0.3) is 0 Å². The van der Waals surface area contributed by atoms with Crippen LogP contribution in [0.5, 0.6) is 5.75 Å². The number of aliphatic hydroxyl groups excluding tert-OH is 1. The molecule has 0 aliphatic heterocycles. The van der Waals surface area contributed by atoms with E-state index in [2.05, 4.69) is 10.3 Å². The first-order valence-corrected chi connectivity index (χ1v) is 6.06. The summed E-state index contributed by atoms with van der Waals surface area (Å²) in [4.78, 5) is 0. The second kappa shape index (κ2) is 6.31. The monoisotopic (exact) mass is 263 g/mol. The molecule has 0 saturated heterocycles. The van der Waals surface area contributed by atoms with Gasteiger partial charge in [-0.2, -0.15) is 0 Å². The fourth-order valence-corrected chi connectivity index (χ4v) is 1.79. The lowest BCUT2D eigenvalue weighted by Crippen LogP contribution is -2.05.